The molecule has 2 amide bonds. The standard InChI is InChI=1S/C27H28N2O3/c1-17-6-10-22(14-19(17)3)28-16-25(30)29(23-11-7-18(2)20(4)15-23)26(27(28)31)21-8-12-24(32-5)13-9-21/h6-15,26H,16H2,1-5H3/t26-/m1/s1. The van der Waals surface area contributed by atoms with Crippen LogP contribution in [0.4, 0.5) is 11.4 Å². The molecule has 3 aromatic carbocycles. The van der Waals surface area contributed by atoms with Crippen molar-refractivity contribution in [2.75, 3.05) is 23.5 Å². The normalized spacial score (nSPS) is 16.5. The summed E-state index contributed by atoms with van der Waals surface area (Å²) in [6, 6.07) is 18.3. The summed E-state index contributed by atoms with van der Waals surface area (Å²) in [6.45, 7) is 8.09. The van der Waals surface area contributed by atoms with Gasteiger partial charge < -0.3 is 9.64 Å². The Bertz CT molecular complexity index is 1180. The van der Waals surface area contributed by atoms with Crippen LogP contribution in [0.5, 0.6) is 5.75 Å². The smallest absolute Gasteiger partial charge is 0.255 e. The quantitative estimate of drug-likeness (QED) is 0.584. The number of nitrogens with zero attached hydrogens (tertiary/aromatic N) is 2. The summed E-state index contributed by atoms with van der Waals surface area (Å²) in [4.78, 5) is 30.6. The van der Waals surface area contributed by atoms with Crippen LogP contribution in [0.2, 0.25) is 0 Å². The molecule has 0 aliphatic carbocycles. The van der Waals surface area contributed by atoms with E-state index in [1.54, 1.807) is 16.9 Å². The Labute approximate surface area is 189 Å². The summed E-state index contributed by atoms with van der Waals surface area (Å²) >= 11 is 0. The molecule has 0 saturated carbocycles. The Morgan fingerprint density at radius 3 is 1.88 bits per heavy atom. The lowest BCUT2D eigenvalue weighted by molar-refractivity contribution is -0.128. The van der Waals surface area contributed by atoms with E-state index in [-0.39, 0.29) is 18.4 Å². The lowest BCUT2D eigenvalue weighted by atomic mass is 9.98. The Hall–Kier alpha value is -3.60. The van der Waals surface area contributed by atoms with E-state index in [4.69, 9.17) is 4.74 Å². The SMILES string of the molecule is COc1ccc([C@@H]2C(=O)N(c3ccc(C)c(C)c3)CC(=O)N2c2ccc(C)c(C)c2)cc1. The van der Waals surface area contributed by atoms with Gasteiger partial charge >= 0.3 is 0 Å². The molecule has 1 aliphatic rings. The number of benzene rings is 3. The second kappa shape index (κ2) is 8.50. The summed E-state index contributed by atoms with van der Waals surface area (Å²) in [5.41, 5.74) is 6.66. The van der Waals surface area contributed by atoms with Crippen molar-refractivity contribution in [2.45, 2.75) is 33.7 Å². The highest BCUT2D eigenvalue weighted by molar-refractivity contribution is 6.14. The zero-order chi connectivity index (χ0) is 23.0. The molecule has 0 bridgehead atoms. The van der Waals surface area contributed by atoms with Crippen molar-refractivity contribution in [3.63, 3.8) is 0 Å². The van der Waals surface area contributed by atoms with Gasteiger partial charge in [0.1, 0.15) is 18.3 Å². The van der Waals surface area contributed by atoms with Gasteiger partial charge in [0.05, 0.1) is 7.11 Å². The Morgan fingerprint density at radius 1 is 0.750 bits per heavy atom. The number of methoxy groups -OCH3 is 1. The van der Waals surface area contributed by atoms with Crippen molar-refractivity contribution in [3.8, 4) is 5.75 Å². The molecule has 0 N–H and O–H groups in total. The summed E-state index contributed by atoms with van der Waals surface area (Å²) in [5.74, 6) is 0.454. The van der Waals surface area contributed by atoms with Crippen molar-refractivity contribution in [3.05, 3.63) is 88.5 Å². The molecule has 3 aromatic rings. The van der Waals surface area contributed by atoms with Gasteiger partial charge in [0.15, 0.2) is 0 Å². The molecule has 0 spiro atoms. The topological polar surface area (TPSA) is 49.9 Å². The van der Waals surface area contributed by atoms with Gasteiger partial charge in [-0.3, -0.25) is 14.5 Å². The first-order valence-electron chi connectivity index (χ1n) is 10.7. The van der Waals surface area contributed by atoms with Crippen LogP contribution in [0.3, 0.4) is 0 Å². The molecular formula is C27H28N2O3. The first-order valence-corrected chi connectivity index (χ1v) is 10.7. The maximum Gasteiger partial charge on any atom is 0.255 e. The maximum absolute atomic E-state index is 13.9. The molecule has 0 radical (unpaired) electrons. The molecule has 164 valence electrons. The third-order valence-electron chi connectivity index (χ3n) is 6.32. The zero-order valence-electron chi connectivity index (χ0n) is 19.2. The van der Waals surface area contributed by atoms with Crippen LogP contribution in [0.25, 0.3) is 0 Å². The molecular weight excluding hydrogens is 400 g/mol. The fraction of sp³-hybridized carbons (Fsp3) is 0.259. The predicted octanol–water partition coefficient (Wildman–Crippen LogP) is 5.05. The van der Waals surface area contributed by atoms with E-state index < -0.39 is 6.04 Å². The summed E-state index contributed by atoms with van der Waals surface area (Å²) < 4.78 is 5.28. The van der Waals surface area contributed by atoms with Crippen molar-refractivity contribution >= 4 is 23.2 Å². The van der Waals surface area contributed by atoms with E-state index in [1.165, 1.54) is 0 Å². The fourth-order valence-corrected chi connectivity index (χ4v) is 4.05. The van der Waals surface area contributed by atoms with E-state index in [0.717, 1.165) is 39.2 Å². The number of aryl methyl sites for hydroxylation is 4. The molecule has 0 unspecified atom stereocenters. The van der Waals surface area contributed by atoms with Gasteiger partial charge in [0.2, 0.25) is 5.91 Å². The zero-order valence-corrected chi connectivity index (χ0v) is 19.2. The second-order valence-electron chi connectivity index (χ2n) is 8.40. The van der Waals surface area contributed by atoms with Gasteiger partial charge in [-0.25, -0.2) is 0 Å². The molecule has 1 fully saturated rings. The Kier molecular flexibility index (Phi) is 5.74. The lowest BCUT2D eigenvalue weighted by Crippen LogP contribution is -2.56. The minimum Gasteiger partial charge on any atom is -0.497 e. The largest absolute Gasteiger partial charge is 0.497 e. The average Bonchev–Trinajstić information content (AvgIpc) is 2.79. The number of carbonyl (C=O) groups excluding carboxylic acids is 2. The van der Waals surface area contributed by atoms with Crippen LogP contribution < -0.4 is 14.5 Å². The fourth-order valence-electron chi connectivity index (χ4n) is 4.05. The van der Waals surface area contributed by atoms with Gasteiger partial charge in [-0.05, 0) is 91.9 Å². The molecule has 5 heteroatoms. The lowest BCUT2D eigenvalue weighted by Gasteiger charge is -2.40. The first kappa shape index (κ1) is 21.6. The van der Waals surface area contributed by atoms with Gasteiger partial charge in [-0.15, -0.1) is 0 Å². The molecule has 1 atom stereocenters. The number of hydrogen-bond acceptors (Lipinski definition) is 3. The van der Waals surface area contributed by atoms with Crippen molar-refractivity contribution < 1.29 is 14.3 Å². The van der Waals surface area contributed by atoms with Crippen LogP contribution in [-0.2, 0) is 9.59 Å². The number of piperazine rings is 1. The second-order valence-corrected chi connectivity index (χ2v) is 8.40. The minimum absolute atomic E-state index is 0.000906. The average molecular weight is 429 g/mol. The van der Waals surface area contributed by atoms with Crippen molar-refractivity contribution in [2.24, 2.45) is 0 Å². The highest BCUT2D eigenvalue weighted by atomic mass is 16.5. The number of carbonyl (C=O) groups is 2. The van der Waals surface area contributed by atoms with Gasteiger partial charge in [-0.1, -0.05) is 24.3 Å². The molecule has 32 heavy (non-hydrogen) atoms. The molecule has 1 heterocycles. The number of rotatable bonds is 4. The van der Waals surface area contributed by atoms with Crippen LogP contribution >= 0.6 is 0 Å². The van der Waals surface area contributed by atoms with E-state index in [9.17, 15) is 9.59 Å². The summed E-state index contributed by atoms with van der Waals surface area (Å²) in [6.07, 6.45) is 0. The van der Waals surface area contributed by atoms with E-state index in [0.29, 0.717) is 5.75 Å². The summed E-state index contributed by atoms with van der Waals surface area (Å²) in [5, 5.41) is 0. The number of amides is 2. The highest BCUT2D eigenvalue weighted by Gasteiger charge is 2.42. The number of hydrogen-bond donors (Lipinski definition) is 0. The molecule has 1 aliphatic heterocycles. The van der Waals surface area contributed by atoms with Crippen LogP contribution in [0, 0.1) is 27.7 Å². The van der Waals surface area contributed by atoms with Gasteiger partial charge in [0, 0.05) is 11.4 Å². The van der Waals surface area contributed by atoms with Crippen LogP contribution in [0.1, 0.15) is 33.9 Å². The highest BCUT2D eigenvalue weighted by Crippen LogP contribution is 2.36. The monoisotopic (exact) mass is 428 g/mol. The van der Waals surface area contributed by atoms with E-state index >= 15 is 0 Å². The molecule has 5 nitrogen and oxygen atoms in total. The van der Waals surface area contributed by atoms with Crippen molar-refractivity contribution in [1.82, 2.24) is 0 Å². The number of anilines is 2. The maximum atomic E-state index is 13.9. The molecule has 0 aromatic heterocycles. The van der Waals surface area contributed by atoms with E-state index in [2.05, 4.69) is 0 Å². The third kappa shape index (κ3) is 3.86. The molecule has 1 saturated heterocycles. The predicted molar refractivity (Wildman–Crippen MR) is 127 cm³/mol. The summed E-state index contributed by atoms with van der Waals surface area (Å²) in [7, 11) is 1.60. The third-order valence-corrected chi connectivity index (χ3v) is 6.32. The van der Waals surface area contributed by atoms with Gasteiger partial charge in [-0.2, -0.15) is 0 Å². The minimum atomic E-state index is -0.758. The Balaban J connectivity index is 1.82. The first-order chi connectivity index (χ1) is 15.3. The number of ether oxygens (including phenoxy) is 1. The van der Waals surface area contributed by atoms with Gasteiger partial charge in [0.25, 0.3) is 5.91 Å². The van der Waals surface area contributed by atoms with Crippen LogP contribution in [-0.4, -0.2) is 25.5 Å². The molecule has 4 rings (SSSR count). The van der Waals surface area contributed by atoms with E-state index in [1.807, 2.05) is 88.4 Å². The Morgan fingerprint density at radius 2 is 1.31 bits per heavy atom. The van der Waals surface area contributed by atoms with Crippen molar-refractivity contribution in [1.29, 1.82) is 0 Å². The van der Waals surface area contributed by atoms with Crippen LogP contribution in [0.15, 0.2) is 60.7 Å².